The van der Waals surface area contributed by atoms with Gasteiger partial charge in [-0.3, -0.25) is 9.59 Å². The number of carbonyl (C=O) groups excluding carboxylic acids is 4. The Morgan fingerprint density at radius 3 is 2.15 bits per heavy atom. The number of phenolic OH excluding ortho intramolecular Hbond substituents is 4. The van der Waals surface area contributed by atoms with E-state index in [1.807, 2.05) is 0 Å². The first kappa shape index (κ1) is 27.9. The summed E-state index contributed by atoms with van der Waals surface area (Å²) in [6, 6.07) is 10.8. The van der Waals surface area contributed by atoms with Crippen LogP contribution in [0.5, 0.6) is 23.0 Å². The molecule has 0 aliphatic carbocycles. The maximum absolute atomic E-state index is 13.2. The van der Waals surface area contributed by atoms with Crippen molar-refractivity contribution in [2.24, 2.45) is 0 Å². The van der Waals surface area contributed by atoms with Crippen LogP contribution in [0.1, 0.15) is 53.9 Å². The highest BCUT2D eigenvalue weighted by Gasteiger charge is 2.34. The van der Waals surface area contributed by atoms with Crippen LogP contribution in [-0.2, 0) is 9.47 Å². The molecule has 0 bridgehead atoms. The number of carbonyl (C=O) groups is 4. The molecule has 1 fully saturated rings. The number of amides is 1. The summed E-state index contributed by atoms with van der Waals surface area (Å²) in [6.45, 7) is 2.02. The van der Waals surface area contributed by atoms with Crippen LogP contribution in [0, 0.1) is 0 Å². The van der Waals surface area contributed by atoms with Crippen LogP contribution < -0.4 is 10.6 Å². The molecule has 1 amide bonds. The molecule has 0 aromatic heterocycles. The Balaban J connectivity index is 1.53. The van der Waals surface area contributed by atoms with Crippen LogP contribution in [0.25, 0.3) is 0 Å². The summed E-state index contributed by atoms with van der Waals surface area (Å²) in [5.41, 5.74) is -1.68. The Bertz CT molecular complexity index is 1460. The lowest BCUT2D eigenvalue weighted by molar-refractivity contribution is 0.0282. The molecule has 1 heterocycles. The lowest BCUT2D eigenvalue weighted by Gasteiger charge is -2.21. The number of phenols is 4. The molecule has 2 atom stereocenters. The Morgan fingerprint density at radius 2 is 1.48 bits per heavy atom. The normalized spacial score (nSPS) is 16.2. The van der Waals surface area contributed by atoms with Crippen molar-refractivity contribution in [2.45, 2.75) is 19.1 Å². The number of ketones is 1. The van der Waals surface area contributed by atoms with Gasteiger partial charge in [-0.05, 0) is 43.3 Å². The van der Waals surface area contributed by atoms with Crippen LogP contribution in [0.15, 0.2) is 54.6 Å². The topological polar surface area (TPSA) is 192 Å². The van der Waals surface area contributed by atoms with Crippen molar-refractivity contribution in [1.29, 1.82) is 0 Å². The van der Waals surface area contributed by atoms with Crippen LogP contribution >= 0.6 is 0 Å². The third kappa shape index (κ3) is 5.66. The van der Waals surface area contributed by atoms with E-state index in [-0.39, 0.29) is 42.1 Å². The van der Waals surface area contributed by atoms with Gasteiger partial charge in [0.05, 0.1) is 34.9 Å². The lowest BCUT2D eigenvalue weighted by atomic mass is 9.95. The van der Waals surface area contributed by atoms with Crippen molar-refractivity contribution >= 4 is 23.6 Å². The number of aromatic hydroxyl groups is 4. The molecule has 40 heavy (non-hydrogen) atoms. The Labute approximate surface area is 227 Å². The molecular weight excluding hydrogens is 524 g/mol. The SMILES string of the molecule is CCOC(=O)c1cccc(O)c1C(=O)c1c(O)cc(C(=O)O[C@H]2CNC[C@@H]2NC(=O)c2ccccc2O)cc1O. The maximum Gasteiger partial charge on any atom is 0.339 e. The van der Waals surface area contributed by atoms with Crippen molar-refractivity contribution in [1.82, 2.24) is 10.6 Å². The smallest absolute Gasteiger partial charge is 0.339 e. The molecule has 3 aromatic carbocycles. The summed E-state index contributed by atoms with van der Waals surface area (Å²) in [4.78, 5) is 51.0. The Hall–Kier alpha value is -5.10. The molecule has 12 nitrogen and oxygen atoms in total. The van der Waals surface area contributed by atoms with E-state index in [2.05, 4.69) is 10.6 Å². The number of hydrogen-bond acceptors (Lipinski definition) is 11. The van der Waals surface area contributed by atoms with E-state index >= 15 is 0 Å². The molecule has 6 N–H and O–H groups in total. The second-order valence-electron chi connectivity index (χ2n) is 8.84. The highest BCUT2D eigenvalue weighted by Crippen LogP contribution is 2.35. The zero-order valence-corrected chi connectivity index (χ0v) is 21.2. The molecule has 12 heteroatoms. The molecule has 1 aliphatic rings. The van der Waals surface area contributed by atoms with E-state index in [1.54, 1.807) is 19.1 Å². The number of rotatable bonds is 8. The molecule has 3 aromatic rings. The first-order chi connectivity index (χ1) is 19.1. The standard InChI is InChI=1S/C28H26N2O10/c1-2-39-28(38)16-7-5-9-19(32)23(16)25(35)24-20(33)10-14(11-21(24)34)27(37)40-22-13-29-12-17(22)30-26(36)15-6-3-4-8-18(15)31/h3-11,17,22,29,31-34H,2,12-13H2,1H3,(H,30,36)/t17-,22-/m0/s1. The van der Waals surface area contributed by atoms with Gasteiger partial charge in [0, 0.05) is 13.1 Å². The van der Waals surface area contributed by atoms with Gasteiger partial charge in [-0.15, -0.1) is 0 Å². The fourth-order valence-corrected chi connectivity index (χ4v) is 4.28. The molecule has 0 unspecified atom stereocenters. The summed E-state index contributed by atoms with van der Waals surface area (Å²) in [5, 5.41) is 47.0. The summed E-state index contributed by atoms with van der Waals surface area (Å²) in [5.74, 6) is -5.90. The minimum atomic E-state index is -1.08. The van der Waals surface area contributed by atoms with Crippen molar-refractivity contribution in [3.63, 3.8) is 0 Å². The van der Waals surface area contributed by atoms with Gasteiger partial charge in [0.25, 0.3) is 5.91 Å². The Morgan fingerprint density at radius 1 is 0.825 bits per heavy atom. The van der Waals surface area contributed by atoms with Gasteiger partial charge < -0.3 is 40.5 Å². The van der Waals surface area contributed by atoms with E-state index < -0.39 is 64.2 Å². The third-order valence-electron chi connectivity index (χ3n) is 6.21. The highest BCUT2D eigenvalue weighted by molar-refractivity contribution is 6.18. The molecule has 1 saturated heterocycles. The zero-order valence-electron chi connectivity index (χ0n) is 21.2. The number of ether oxygens (including phenoxy) is 2. The number of hydrogen-bond donors (Lipinski definition) is 6. The van der Waals surface area contributed by atoms with Gasteiger partial charge in [0.2, 0.25) is 5.78 Å². The van der Waals surface area contributed by atoms with Crippen LogP contribution in [0.4, 0.5) is 0 Å². The van der Waals surface area contributed by atoms with Gasteiger partial charge in [-0.25, -0.2) is 9.59 Å². The van der Waals surface area contributed by atoms with E-state index in [0.29, 0.717) is 0 Å². The largest absolute Gasteiger partial charge is 0.507 e. The van der Waals surface area contributed by atoms with Crippen LogP contribution in [0.2, 0.25) is 0 Å². The van der Waals surface area contributed by atoms with Gasteiger partial charge >= 0.3 is 11.9 Å². The van der Waals surface area contributed by atoms with Gasteiger partial charge in [-0.2, -0.15) is 0 Å². The number of para-hydroxylation sites is 1. The predicted molar refractivity (Wildman–Crippen MR) is 139 cm³/mol. The zero-order chi connectivity index (χ0) is 29.0. The van der Waals surface area contributed by atoms with Crippen LogP contribution in [-0.4, -0.2) is 75.9 Å². The molecular formula is C28H26N2O10. The van der Waals surface area contributed by atoms with Crippen molar-refractivity contribution in [2.75, 3.05) is 19.7 Å². The highest BCUT2D eigenvalue weighted by atomic mass is 16.5. The second kappa shape index (κ2) is 11.7. The van der Waals surface area contributed by atoms with Gasteiger partial charge in [0.15, 0.2) is 0 Å². The first-order valence-corrected chi connectivity index (χ1v) is 12.2. The molecule has 0 radical (unpaired) electrons. The number of esters is 2. The molecule has 0 spiro atoms. The minimum Gasteiger partial charge on any atom is -0.507 e. The van der Waals surface area contributed by atoms with Crippen molar-refractivity contribution in [3.8, 4) is 23.0 Å². The number of nitrogens with one attached hydrogen (secondary N) is 2. The second-order valence-corrected chi connectivity index (χ2v) is 8.84. The van der Waals surface area contributed by atoms with Crippen LogP contribution in [0.3, 0.4) is 0 Å². The van der Waals surface area contributed by atoms with Crippen molar-refractivity contribution in [3.05, 3.63) is 82.4 Å². The maximum atomic E-state index is 13.2. The van der Waals surface area contributed by atoms with E-state index in [9.17, 15) is 39.6 Å². The molecule has 0 saturated carbocycles. The predicted octanol–water partition coefficient (Wildman–Crippen LogP) is 1.84. The first-order valence-electron chi connectivity index (χ1n) is 12.2. The third-order valence-corrected chi connectivity index (χ3v) is 6.21. The minimum absolute atomic E-state index is 0.00517. The molecule has 4 rings (SSSR count). The lowest BCUT2D eigenvalue weighted by Crippen LogP contribution is -2.44. The molecule has 1 aliphatic heterocycles. The summed E-state index contributed by atoms with van der Waals surface area (Å²) in [6.07, 6.45) is -0.832. The van der Waals surface area contributed by atoms with E-state index in [4.69, 9.17) is 9.47 Å². The Kier molecular flexibility index (Phi) is 8.20. The number of benzene rings is 3. The van der Waals surface area contributed by atoms with E-state index in [0.717, 1.165) is 18.2 Å². The molecule has 208 valence electrons. The van der Waals surface area contributed by atoms with Gasteiger partial charge in [-0.1, -0.05) is 18.2 Å². The average molecular weight is 551 g/mol. The monoisotopic (exact) mass is 550 g/mol. The fourth-order valence-electron chi connectivity index (χ4n) is 4.28. The van der Waals surface area contributed by atoms with Crippen molar-refractivity contribution < 1.29 is 49.1 Å². The summed E-state index contributed by atoms with van der Waals surface area (Å²) >= 11 is 0. The average Bonchev–Trinajstić information content (AvgIpc) is 3.34. The quantitative estimate of drug-likeness (QED) is 0.177. The van der Waals surface area contributed by atoms with E-state index in [1.165, 1.54) is 24.3 Å². The summed E-state index contributed by atoms with van der Waals surface area (Å²) < 4.78 is 10.4. The summed E-state index contributed by atoms with van der Waals surface area (Å²) in [7, 11) is 0. The fraction of sp³-hybridized carbons (Fsp3) is 0.214. The van der Waals surface area contributed by atoms with Gasteiger partial charge in [0.1, 0.15) is 34.7 Å².